The van der Waals surface area contributed by atoms with Crippen molar-refractivity contribution in [3.8, 4) is 0 Å². The minimum absolute atomic E-state index is 0.0768. The van der Waals surface area contributed by atoms with Crippen LogP contribution < -0.4 is 0 Å². The normalized spacial score (nSPS) is 20.7. The van der Waals surface area contributed by atoms with Crippen molar-refractivity contribution in [3.05, 3.63) is 0 Å². The summed E-state index contributed by atoms with van der Waals surface area (Å²) < 4.78 is 0. The molecule has 1 saturated carbocycles. The summed E-state index contributed by atoms with van der Waals surface area (Å²) in [6, 6.07) is 0.0820. The molecule has 2 amide bonds. The van der Waals surface area contributed by atoms with E-state index in [0.29, 0.717) is 11.8 Å². The van der Waals surface area contributed by atoms with E-state index in [-0.39, 0.29) is 18.6 Å². The number of hydrogen-bond donors (Lipinski definition) is 1. The molecule has 1 heterocycles. The Bertz CT molecular complexity index is 345. The number of hydrogen-bond acceptors (Lipinski definition) is 2. The zero-order valence-electron chi connectivity index (χ0n) is 11.8. The Hall–Kier alpha value is -1.26. The van der Waals surface area contributed by atoms with Crippen LogP contribution in [-0.4, -0.2) is 52.6 Å². The highest BCUT2D eigenvalue weighted by atomic mass is 16.4. The molecule has 0 atom stereocenters. The van der Waals surface area contributed by atoms with Gasteiger partial charge in [0.25, 0.3) is 0 Å². The van der Waals surface area contributed by atoms with Crippen LogP contribution in [0.1, 0.15) is 39.5 Å². The lowest BCUT2D eigenvalue weighted by Gasteiger charge is -2.36. The molecule has 1 N–H and O–H groups in total. The van der Waals surface area contributed by atoms with Gasteiger partial charge in [0, 0.05) is 19.1 Å². The van der Waals surface area contributed by atoms with Gasteiger partial charge in [-0.3, -0.25) is 4.79 Å². The Morgan fingerprint density at radius 1 is 1.21 bits per heavy atom. The third-order valence-electron chi connectivity index (χ3n) is 4.29. The molecule has 0 unspecified atom stereocenters. The molecule has 0 aromatic heterocycles. The number of nitrogens with zero attached hydrogens (tertiary/aromatic N) is 2. The van der Waals surface area contributed by atoms with Crippen LogP contribution in [0.3, 0.4) is 0 Å². The minimum Gasteiger partial charge on any atom is -0.480 e. The SMILES string of the molecule is CC(C)C1CCN(C(=O)N(CC(=O)O)C2CC2)CC1. The summed E-state index contributed by atoms with van der Waals surface area (Å²) in [5, 5.41) is 8.91. The number of piperidine rings is 1. The molecule has 2 fully saturated rings. The molecule has 2 aliphatic rings. The molecule has 0 radical (unpaired) electrons. The van der Waals surface area contributed by atoms with Crippen LogP contribution in [0.4, 0.5) is 4.79 Å². The predicted molar refractivity (Wildman–Crippen MR) is 71.9 cm³/mol. The zero-order chi connectivity index (χ0) is 14.0. The second kappa shape index (κ2) is 5.80. The number of carboxylic acid groups (broad SMARTS) is 1. The van der Waals surface area contributed by atoms with Crippen molar-refractivity contribution >= 4 is 12.0 Å². The van der Waals surface area contributed by atoms with Crippen LogP contribution in [0.25, 0.3) is 0 Å². The maximum atomic E-state index is 12.4. The first-order valence-corrected chi connectivity index (χ1v) is 7.26. The average molecular weight is 268 g/mol. The number of urea groups is 1. The van der Waals surface area contributed by atoms with Crippen LogP contribution in [-0.2, 0) is 4.79 Å². The Labute approximate surface area is 114 Å². The van der Waals surface area contributed by atoms with E-state index in [1.807, 2.05) is 4.90 Å². The first kappa shape index (κ1) is 14.2. The molecule has 1 aliphatic heterocycles. The van der Waals surface area contributed by atoms with E-state index in [2.05, 4.69) is 13.8 Å². The minimum atomic E-state index is -0.919. The molecular formula is C14H24N2O3. The van der Waals surface area contributed by atoms with Crippen LogP contribution in [0.15, 0.2) is 0 Å². The van der Waals surface area contributed by atoms with Gasteiger partial charge < -0.3 is 14.9 Å². The Balaban J connectivity index is 1.90. The van der Waals surface area contributed by atoms with Gasteiger partial charge in [-0.25, -0.2) is 4.79 Å². The first-order valence-electron chi connectivity index (χ1n) is 7.26. The van der Waals surface area contributed by atoms with E-state index in [4.69, 9.17) is 5.11 Å². The summed E-state index contributed by atoms with van der Waals surface area (Å²) in [6.45, 7) is 5.83. The molecule has 0 aromatic carbocycles. The van der Waals surface area contributed by atoms with Gasteiger partial charge in [-0.15, -0.1) is 0 Å². The lowest BCUT2D eigenvalue weighted by Crippen LogP contribution is -2.49. The van der Waals surface area contributed by atoms with Gasteiger partial charge >= 0.3 is 12.0 Å². The maximum absolute atomic E-state index is 12.4. The Morgan fingerprint density at radius 2 is 1.79 bits per heavy atom. The highest BCUT2D eigenvalue weighted by molar-refractivity contribution is 5.80. The van der Waals surface area contributed by atoms with Crippen LogP contribution in [0.2, 0.25) is 0 Å². The fourth-order valence-corrected chi connectivity index (χ4v) is 2.82. The summed E-state index contributed by atoms with van der Waals surface area (Å²) in [7, 11) is 0. The van der Waals surface area contributed by atoms with E-state index < -0.39 is 5.97 Å². The van der Waals surface area contributed by atoms with Crippen molar-refractivity contribution in [1.29, 1.82) is 0 Å². The lowest BCUT2D eigenvalue weighted by atomic mass is 9.87. The summed E-state index contributed by atoms with van der Waals surface area (Å²) >= 11 is 0. The lowest BCUT2D eigenvalue weighted by molar-refractivity contribution is -0.137. The Kier molecular flexibility index (Phi) is 4.32. The molecule has 2 rings (SSSR count). The molecule has 0 bridgehead atoms. The van der Waals surface area contributed by atoms with Crippen molar-refractivity contribution in [2.75, 3.05) is 19.6 Å². The number of carbonyl (C=O) groups is 2. The van der Waals surface area contributed by atoms with Crippen molar-refractivity contribution in [2.24, 2.45) is 11.8 Å². The van der Waals surface area contributed by atoms with E-state index >= 15 is 0 Å². The van der Waals surface area contributed by atoms with E-state index in [1.165, 1.54) is 4.90 Å². The number of aliphatic carboxylic acids is 1. The van der Waals surface area contributed by atoms with Gasteiger partial charge in [-0.05, 0) is 37.5 Å². The molecule has 5 nitrogen and oxygen atoms in total. The van der Waals surface area contributed by atoms with Gasteiger partial charge in [0.1, 0.15) is 6.54 Å². The van der Waals surface area contributed by atoms with Gasteiger partial charge in [0.2, 0.25) is 0 Å². The fraction of sp³-hybridized carbons (Fsp3) is 0.857. The summed E-state index contributed by atoms with van der Waals surface area (Å²) in [5.41, 5.74) is 0. The quantitative estimate of drug-likeness (QED) is 0.848. The summed E-state index contributed by atoms with van der Waals surface area (Å²) in [5.74, 6) is 0.436. The maximum Gasteiger partial charge on any atom is 0.323 e. The third-order valence-corrected chi connectivity index (χ3v) is 4.29. The van der Waals surface area contributed by atoms with E-state index in [9.17, 15) is 9.59 Å². The molecule has 0 aromatic rings. The van der Waals surface area contributed by atoms with Crippen molar-refractivity contribution < 1.29 is 14.7 Å². The smallest absolute Gasteiger partial charge is 0.323 e. The van der Waals surface area contributed by atoms with Crippen molar-refractivity contribution in [3.63, 3.8) is 0 Å². The zero-order valence-corrected chi connectivity index (χ0v) is 11.8. The van der Waals surface area contributed by atoms with E-state index in [1.54, 1.807) is 0 Å². The van der Waals surface area contributed by atoms with E-state index in [0.717, 1.165) is 38.8 Å². The second-order valence-electron chi connectivity index (χ2n) is 6.10. The molecule has 0 spiro atoms. The highest BCUT2D eigenvalue weighted by Gasteiger charge is 2.37. The number of likely N-dealkylation sites (tertiary alicyclic amines) is 1. The molecule has 1 saturated heterocycles. The standard InChI is InChI=1S/C14H24N2O3/c1-10(2)11-5-7-15(8-6-11)14(19)16(9-13(17)18)12-3-4-12/h10-12H,3-9H2,1-2H3,(H,17,18). The fourth-order valence-electron chi connectivity index (χ4n) is 2.82. The molecular weight excluding hydrogens is 244 g/mol. The third kappa shape index (κ3) is 3.61. The van der Waals surface area contributed by atoms with Gasteiger partial charge in [0.15, 0.2) is 0 Å². The molecule has 5 heteroatoms. The molecule has 108 valence electrons. The van der Waals surface area contributed by atoms with Crippen LogP contribution in [0.5, 0.6) is 0 Å². The number of carboxylic acids is 1. The predicted octanol–water partition coefficient (Wildman–Crippen LogP) is 2.02. The second-order valence-corrected chi connectivity index (χ2v) is 6.10. The van der Waals surface area contributed by atoms with Crippen LogP contribution >= 0.6 is 0 Å². The van der Waals surface area contributed by atoms with Gasteiger partial charge in [-0.2, -0.15) is 0 Å². The number of amides is 2. The summed E-state index contributed by atoms with van der Waals surface area (Å²) in [6.07, 6.45) is 3.97. The average Bonchev–Trinajstić information content (AvgIpc) is 3.19. The number of rotatable bonds is 4. The molecule has 1 aliphatic carbocycles. The first-order chi connectivity index (χ1) is 8.99. The van der Waals surface area contributed by atoms with Gasteiger partial charge in [-0.1, -0.05) is 13.8 Å². The largest absolute Gasteiger partial charge is 0.480 e. The van der Waals surface area contributed by atoms with Gasteiger partial charge in [0.05, 0.1) is 0 Å². The monoisotopic (exact) mass is 268 g/mol. The number of carbonyl (C=O) groups excluding carboxylic acids is 1. The topological polar surface area (TPSA) is 60.9 Å². The summed E-state index contributed by atoms with van der Waals surface area (Å²) in [4.78, 5) is 26.6. The van der Waals surface area contributed by atoms with Crippen LogP contribution in [0, 0.1) is 11.8 Å². The molecule has 19 heavy (non-hydrogen) atoms. The Morgan fingerprint density at radius 3 is 2.21 bits per heavy atom. The van der Waals surface area contributed by atoms with Crippen molar-refractivity contribution in [2.45, 2.75) is 45.6 Å². The van der Waals surface area contributed by atoms with Crippen molar-refractivity contribution in [1.82, 2.24) is 9.80 Å². The highest BCUT2D eigenvalue weighted by Crippen LogP contribution is 2.30.